The number of hydrogen-bond donors (Lipinski definition) is 4. The largest absolute Gasteiger partial charge is 0.465 e. The number of carbonyl (C=O) groups is 3. The lowest BCUT2D eigenvalue weighted by atomic mass is 9.93. The van der Waals surface area contributed by atoms with Crippen LogP contribution in [0, 0.1) is 17.5 Å². The minimum Gasteiger partial charge on any atom is -0.465 e. The molecule has 2 aliphatic rings. The van der Waals surface area contributed by atoms with Crippen molar-refractivity contribution < 1.29 is 42.5 Å². The summed E-state index contributed by atoms with van der Waals surface area (Å²) in [6.45, 7) is -0.479. The molecule has 2 aliphatic heterocycles. The van der Waals surface area contributed by atoms with E-state index in [0.29, 0.717) is 0 Å². The molecule has 16 heteroatoms. The zero-order valence-corrected chi connectivity index (χ0v) is 23.6. The molecule has 0 radical (unpaired) electrons. The van der Waals surface area contributed by atoms with Crippen LogP contribution in [0.5, 0.6) is 0 Å². The Kier molecular flexibility index (Phi) is 8.56. The number of amides is 3. The van der Waals surface area contributed by atoms with Crippen molar-refractivity contribution in [1.82, 2.24) is 20.4 Å². The number of nitrogens with zero attached hydrogens (tertiary/aromatic N) is 3. The zero-order chi connectivity index (χ0) is 31.1. The third-order valence-corrected chi connectivity index (χ3v) is 7.88. The van der Waals surface area contributed by atoms with E-state index in [1.165, 1.54) is 29.2 Å². The van der Waals surface area contributed by atoms with Crippen molar-refractivity contribution >= 4 is 46.8 Å². The van der Waals surface area contributed by atoms with Gasteiger partial charge < -0.3 is 30.5 Å². The maximum Gasteiger partial charge on any atom is 0.404 e. The van der Waals surface area contributed by atoms with Crippen LogP contribution in [-0.4, -0.2) is 62.7 Å². The fraction of sp³-hybridized carbons (Fsp3) is 0.333. The third-order valence-electron chi connectivity index (χ3n) is 7.39. The molecular weight excluding hydrogens is 618 g/mol. The number of aromatic nitrogens is 2. The number of carboxylic acid groups (broad SMARTS) is 1. The standard InChI is InChI=1S/C27H24Cl2F3N5O6/c28-14-5-13(22(32)19(29)6-14)9-33-24(38)27(42)3-4-36(25(27)39)17-10-34-37(11-17)16-8-21(35-26(40)41)23(43-12-16)18-7-15(30)1-2-20(18)31/h1-2,5-7,10-11,16,21,23,35,42H,3-4,8-9,12H2,(H,33,38)(H,40,41)/t16-,21+,23-,27?/m1/s1. The number of rotatable bonds is 7. The van der Waals surface area contributed by atoms with E-state index in [9.17, 15) is 37.8 Å². The van der Waals surface area contributed by atoms with Gasteiger partial charge in [0.25, 0.3) is 11.8 Å². The van der Waals surface area contributed by atoms with Crippen LogP contribution >= 0.6 is 23.2 Å². The average molecular weight is 642 g/mol. The second-order valence-electron chi connectivity index (χ2n) is 10.2. The first kappa shape index (κ1) is 30.6. The second kappa shape index (κ2) is 12.0. The van der Waals surface area contributed by atoms with Crippen molar-refractivity contribution in [1.29, 1.82) is 0 Å². The summed E-state index contributed by atoms with van der Waals surface area (Å²) in [5, 5.41) is 29.0. The summed E-state index contributed by atoms with van der Waals surface area (Å²) in [5.74, 6) is -4.24. The van der Waals surface area contributed by atoms with Gasteiger partial charge in [0.15, 0.2) is 0 Å². The van der Waals surface area contributed by atoms with Crippen molar-refractivity contribution in [3.05, 3.63) is 81.3 Å². The van der Waals surface area contributed by atoms with Gasteiger partial charge in [0, 0.05) is 41.9 Å². The lowest BCUT2D eigenvalue weighted by molar-refractivity contribution is -0.149. The summed E-state index contributed by atoms with van der Waals surface area (Å²) < 4.78 is 49.7. The van der Waals surface area contributed by atoms with Crippen molar-refractivity contribution in [3.63, 3.8) is 0 Å². The Morgan fingerprint density at radius 1 is 1.19 bits per heavy atom. The van der Waals surface area contributed by atoms with Crippen LogP contribution < -0.4 is 15.5 Å². The number of hydrogen-bond acceptors (Lipinski definition) is 6. The molecule has 3 aromatic rings. The van der Waals surface area contributed by atoms with Crippen LogP contribution in [0.4, 0.5) is 23.7 Å². The highest BCUT2D eigenvalue weighted by atomic mass is 35.5. The van der Waals surface area contributed by atoms with E-state index in [1.807, 2.05) is 0 Å². The van der Waals surface area contributed by atoms with Crippen molar-refractivity contribution in [2.75, 3.05) is 18.1 Å². The van der Waals surface area contributed by atoms with Gasteiger partial charge >= 0.3 is 6.09 Å². The Labute approximate surface area is 252 Å². The zero-order valence-electron chi connectivity index (χ0n) is 22.1. The molecule has 3 heterocycles. The highest BCUT2D eigenvalue weighted by molar-refractivity contribution is 6.34. The first-order valence-electron chi connectivity index (χ1n) is 12.9. The quantitative estimate of drug-likeness (QED) is 0.227. The van der Waals surface area contributed by atoms with Gasteiger partial charge in [-0.25, -0.2) is 18.0 Å². The number of anilines is 1. The number of nitrogens with one attached hydrogen (secondary N) is 2. The average Bonchev–Trinajstić information content (AvgIpc) is 3.56. The fourth-order valence-electron chi connectivity index (χ4n) is 5.22. The first-order valence-corrected chi connectivity index (χ1v) is 13.7. The topological polar surface area (TPSA) is 146 Å². The Balaban J connectivity index is 1.27. The number of halogens is 5. The van der Waals surface area contributed by atoms with E-state index in [2.05, 4.69) is 15.7 Å². The highest BCUT2D eigenvalue weighted by Crippen LogP contribution is 2.36. The van der Waals surface area contributed by atoms with Gasteiger partial charge in [0.05, 0.1) is 35.6 Å². The molecule has 0 spiro atoms. The number of benzene rings is 2. The van der Waals surface area contributed by atoms with Gasteiger partial charge in [-0.15, -0.1) is 0 Å². The Morgan fingerprint density at radius 3 is 2.70 bits per heavy atom. The van der Waals surface area contributed by atoms with Gasteiger partial charge in [0.2, 0.25) is 5.60 Å². The molecule has 3 amide bonds. The molecule has 1 aromatic heterocycles. The van der Waals surface area contributed by atoms with E-state index in [4.69, 9.17) is 27.9 Å². The molecule has 43 heavy (non-hydrogen) atoms. The van der Waals surface area contributed by atoms with E-state index in [0.717, 1.165) is 23.1 Å². The molecule has 228 valence electrons. The maximum absolute atomic E-state index is 14.4. The maximum atomic E-state index is 14.4. The summed E-state index contributed by atoms with van der Waals surface area (Å²) in [4.78, 5) is 38.6. The summed E-state index contributed by atoms with van der Waals surface area (Å²) in [6.07, 6.45) is 0.0996. The molecule has 11 nitrogen and oxygen atoms in total. The van der Waals surface area contributed by atoms with Crippen LogP contribution in [0.25, 0.3) is 0 Å². The molecule has 2 fully saturated rings. The molecule has 1 unspecified atom stereocenters. The van der Waals surface area contributed by atoms with Gasteiger partial charge in [0.1, 0.15) is 23.6 Å². The number of carbonyl (C=O) groups excluding carboxylic acids is 2. The van der Waals surface area contributed by atoms with Gasteiger partial charge in [-0.3, -0.25) is 14.3 Å². The molecule has 0 aliphatic carbocycles. The SMILES string of the molecule is O=C(O)N[C@H]1C[C@@H](n2cc(N3CCC(O)(C(=O)NCc4cc(Cl)cc(Cl)c4F)C3=O)cn2)CO[C@@H]1c1cc(F)ccc1F. The van der Waals surface area contributed by atoms with Crippen molar-refractivity contribution in [2.24, 2.45) is 0 Å². The summed E-state index contributed by atoms with van der Waals surface area (Å²) in [7, 11) is 0. The minimum atomic E-state index is -2.44. The van der Waals surface area contributed by atoms with E-state index < -0.39 is 59.1 Å². The highest BCUT2D eigenvalue weighted by Gasteiger charge is 2.52. The molecule has 4 N–H and O–H groups in total. The Morgan fingerprint density at radius 2 is 1.95 bits per heavy atom. The predicted molar refractivity (Wildman–Crippen MR) is 146 cm³/mol. The fourth-order valence-corrected chi connectivity index (χ4v) is 5.76. The summed E-state index contributed by atoms with van der Waals surface area (Å²) in [5.41, 5.74) is -2.37. The van der Waals surface area contributed by atoms with Crippen LogP contribution in [0.2, 0.25) is 10.0 Å². The number of ether oxygens (including phenoxy) is 1. The lowest BCUT2D eigenvalue weighted by Gasteiger charge is -2.36. The van der Waals surface area contributed by atoms with Crippen LogP contribution in [0.3, 0.4) is 0 Å². The van der Waals surface area contributed by atoms with Crippen molar-refractivity contribution in [3.8, 4) is 0 Å². The molecule has 0 bridgehead atoms. The van der Waals surface area contributed by atoms with Crippen LogP contribution in [0.1, 0.15) is 36.1 Å². The molecule has 5 rings (SSSR count). The molecule has 2 aromatic carbocycles. The van der Waals surface area contributed by atoms with Crippen LogP contribution in [0.15, 0.2) is 42.7 Å². The van der Waals surface area contributed by atoms with E-state index in [-0.39, 0.29) is 59.4 Å². The molecule has 2 saturated heterocycles. The number of aliphatic hydroxyl groups is 1. The molecule has 4 atom stereocenters. The van der Waals surface area contributed by atoms with Gasteiger partial charge in [-0.1, -0.05) is 23.2 Å². The Bertz CT molecular complexity index is 1590. The molecule has 0 saturated carbocycles. The van der Waals surface area contributed by atoms with Gasteiger partial charge in [-0.2, -0.15) is 5.10 Å². The Hall–Kier alpha value is -3.85. The third kappa shape index (κ3) is 6.13. The van der Waals surface area contributed by atoms with Gasteiger partial charge in [-0.05, 0) is 36.8 Å². The monoisotopic (exact) mass is 641 g/mol. The minimum absolute atomic E-state index is 0.0363. The second-order valence-corrected chi connectivity index (χ2v) is 11.0. The summed E-state index contributed by atoms with van der Waals surface area (Å²) >= 11 is 11.7. The normalized spacial score (nSPS) is 23.8. The van der Waals surface area contributed by atoms with E-state index >= 15 is 0 Å². The van der Waals surface area contributed by atoms with Crippen LogP contribution in [-0.2, 0) is 20.9 Å². The predicted octanol–water partition coefficient (Wildman–Crippen LogP) is 3.73. The molecular formula is C27H24Cl2F3N5O6. The smallest absolute Gasteiger partial charge is 0.404 e. The summed E-state index contributed by atoms with van der Waals surface area (Å²) in [6, 6.07) is 3.72. The first-order chi connectivity index (χ1) is 20.4. The van der Waals surface area contributed by atoms with E-state index in [1.54, 1.807) is 0 Å². The lowest BCUT2D eigenvalue weighted by Crippen LogP contribution is -2.52. The van der Waals surface area contributed by atoms with Crippen molar-refractivity contribution in [2.45, 2.75) is 43.2 Å².